The third-order valence-corrected chi connectivity index (χ3v) is 6.34. The molecule has 0 amide bonds. The fraction of sp³-hybridized carbons (Fsp3) is 0.286. The van der Waals surface area contributed by atoms with Gasteiger partial charge in [0, 0.05) is 17.6 Å². The van der Waals surface area contributed by atoms with E-state index in [1.807, 2.05) is 51.1 Å². The van der Waals surface area contributed by atoms with Crippen LogP contribution in [0.5, 0.6) is 0 Å². The number of benzene rings is 2. The predicted molar refractivity (Wildman–Crippen MR) is 109 cm³/mol. The van der Waals surface area contributed by atoms with Crippen LogP contribution in [0.1, 0.15) is 29.2 Å². The zero-order valence-electron chi connectivity index (χ0n) is 15.8. The van der Waals surface area contributed by atoms with Crippen LogP contribution in [0, 0.1) is 13.8 Å². The van der Waals surface area contributed by atoms with Gasteiger partial charge in [0.25, 0.3) is 5.56 Å². The number of hydrogen-bond donors (Lipinski definition) is 2. The summed E-state index contributed by atoms with van der Waals surface area (Å²) < 4.78 is 27.4. The number of fused-ring (bicyclic) bond motifs is 1. The highest BCUT2D eigenvalue weighted by Gasteiger charge is 2.14. The van der Waals surface area contributed by atoms with E-state index in [0.29, 0.717) is 12.0 Å². The minimum atomic E-state index is -3.59. The number of aromatic nitrogens is 1. The summed E-state index contributed by atoms with van der Waals surface area (Å²) in [6.07, 6.45) is 1.18. The van der Waals surface area contributed by atoms with Crippen molar-refractivity contribution in [3.63, 3.8) is 0 Å². The third kappa shape index (κ3) is 4.28. The molecule has 3 aromatic rings. The lowest BCUT2D eigenvalue weighted by atomic mass is 10.0. The van der Waals surface area contributed by atoms with Crippen LogP contribution in [0.4, 0.5) is 0 Å². The molecule has 0 radical (unpaired) electrons. The number of hydrogen-bond acceptors (Lipinski definition) is 3. The molecule has 0 fully saturated rings. The van der Waals surface area contributed by atoms with Crippen molar-refractivity contribution in [3.8, 4) is 0 Å². The molecule has 0 aliphatic heterocycles. The Balaban J connectivity index is 1.75. The summed E-state index contributed by atoms with van der Waals surface area (Å²) in [6.45, 7) is 6.21. The summed E-state index contributed by atoms with van der Waals surface area (Å²) in [5, 5.41) is 0.950. The van der Waals surface area contributed by atoms with E-state index < -0.39 is 10.0 Å². The van der Waals surface area contributed by atoms with Crippen molar-refractivity contribution in [2.24, 2.45) is 0 Å². The van der Waals surface area contributed by atoms with Crippen LogP contribution >= 0.6 is 0 Å². The Morgan fingerprint density at radius 1 is 1.00 bits per heavy atom. The highest BCUT2D eigenvalue weighted by Crippen LogP contribution is 2.17. The molecule has 6 heteroatoms. The van der Waals surface area contributed by atoms with Crippen molar-refractivity contribution in [1.82, 2.24) is 9.71 Å². The fourth-order valence-corrected chi connectivity index (χ4v) is 4.05. The van der Waals surface area contributed by atoms with Gasteiger partial charge in [-0.3, -0.25) is 4.79 Å². The Morgan fingerprint density at radius 2 is 1.67 bits per heavy atom. The second-order valence-electron chi connectivity index (χ2n) is 6.79. The molecule has 0 aliphatic rings. The molecule has 5 nitrogen and oxygen atoms in total. The van der Waals surface area contributed by atoms with Crippen LogP contribution in [0.15, 0.2) is 52.2 Å². The number of rotatable bonds is 6. The highest BCUT2D eigenvalue weighted by molar-refractivity contribution is 7.89. The summed E-state index contributed by atoms with van der Waals surface area (Å²) >= 11 is 0. The number of H-pyrrole nitrogens is 1. The number of aryl methyl sites for hydroxylation is 3. The second kappa shape index (κ2) is 7.66. The van der Waals surface area contributed by atoms with Gasteiger partial charge in [0.2, 0.25) is 10.0 Å². The molecule has 2 aromatic carbocycles. The van der Waals surface area contributed by atoms with Gasteiger partial charge < -0.3 is 4.98 Å². The molecule has 2 N–H and O–H groups in total. The number of sulfonamides is 1. The maximum absolute atomic E-state index is 12.4. The lowest BCUT2D eigenvalue weighted by Gasteiger charge is -2.09. The van der Waals surface area contributed by atoms with Crippen molar-refractivity contribution in [1.29, 1.82) is 0 Å². The minimum absolute atomic E-state index is 0.164. The average molecular weight is 385 g/mol. The van der Waals surface area contributed by atoms with E-state index in [4.69, 9.17) is 0 Å². The SMILES string of the molecule is CCc1ccc(S(=O)(=O)NCCc2cc3cc(C)c(C)cc3[nH]c2=O)cc1. The molecule has 0 atom stereocenters. The summed E-state index contributed by atoms with van der Waals surface area (Å²) in [5.74, 6) is 0. The first-order valence-electron chi connectivity index (χ1n) is 9.02. The van der Waals surface area contributed by atoms with Crippen molar-refractivity contribution < 1.29 is 8.42 Å². The Kier molecular flexibility index (Phi) is 5.48. The van der Waals surface area contributed by atoms with E-state index in [9.17, 15) is 13.2 Å². The predicted octanol–water partition coefficient (Wildman–Crippen LogP) is 3.23. The molecular weight excluding hydrogens is 360 g/mol. The minimum Gasteiger partial charge on any atom is -0.322 e. The van der Waals surface area contributed by atoms with Crippen molar-refractivity contribution in [2.45, 2.75) is 38.5 Å². The number of pyridine rings is 1. The van der Waals surface area contributed by atoms with Crippen molar-refractivity contribution >= 4 is 20.9 Å². The van der Waals surface area contributed by atoms with Crippen LogP contribution in [-0.4, -0.2) is 19.9 Å². The summed E-state index contributed by atoms with van der Waals surface area (Å²) in [7, 11) is -3.59. The van der Waals surface area contributed by atoms with Gasteiger partial charge in [0.1, 0.15) is 0 Å². The van der Waals surface area contributed by atoms with Crippen LogP contribution in [-0.2, 0) is 22.9 Å². The maximum Gasteiger partial charge on any atom is 0.251 e. The van der Waals surface area contributed by atoms with Gasteiger partial charge in [-0.25, -0.2) is 13.1 Å². The zero-order chi connectivity index (χ0) is 19.6. The molecule has 27 heavy (non-hydrogen) atoms. The highest BCUT2D eigenvalue weighted by atomic mass is 32.2. The smallest absolute Gasteiger partial charge is 0.251 e. The lowest BCUT2D eigenvalue weighted by Crippen LogP contribution is -2.27. The molecule has 0 saturated carbocycles. The molecule has 1 aromatic heterocycles. The van der Waals surface area contributed by atoms with Crippen LogP contribution < -0.4 is 10.3 Å². The van der Waals surface area contributed by atoms with Crippen LogP contribution in [0.3, 0.4) is 0 Å². The van der Waals surface area contributed by atoms with E-state index in [1.165, 1.54) is 0 Å². The van der Waals surface area contributed by atoms with Gasteiger partial charge >= 0.3 is 0 Å². The Morgan fingerprint density at radius 3 is 2.33 bits per heavy atom. The lowest BCUT2D eigenvalue weighted by molar-refractivity contribution is 0.581. The maximum atomic E-state index is 12.4. The van der Waals surface area contributed by atoms with E-state index >= 15 is 0 Å². The monoisotopic (exact) mass is 384 g/mol. The second-order valence-corrected chi connectivity index (χ2v) is 8.56. The first kappa shape index (κ1) is 19.3. The third-order valence-electron chi connectivity index (χ3n) is 4.86. The molecule has 142 valence electrons. The van der Waals surface area contributed by atoms with E-state index in [0.717, 1.165) is 34.0 Å². The van der Waals surface area contributed by atoms with Crippen molar-refractivity contribution in [2.75, 3.05) is 6.54 Å². The molecule has 0 saturated heterocycles. The molecule has 0 unspecified atom stereocenters. The Bertz CT molecular complexity index is 1130. The van der Waals surface area contributed by atoms with Crippen molar-refractivity contribution in [3.05, 3.63) is 75.1 Å². The average Bonchev–Trinajstić information content (AvgIpc) is 2.64. The van der Waals surface area contributed by atoms with Gasteiger partial charge in [0.05, 0.1) is 4.90 Å². The van der Waals surface area contributed by atoms with Crippen LogP contribution in [0.2, 0.25) is 0 Å². The van der Waals surface area contributed by atoms with E-state index in [2.05, 4.69) is 9.71 Å². The molecule has 0 aliphatic carbocycles. The Labute approximate surface area is 159 Å². The Hall–Kier alpha value is -2.44. The molecule has 0 bridgehead atoms. The topological polar surface area (TPSA) is 79.0 Å². The van der Waals surface area contributed by atoms with E-state index in [-0.39, 0.29) is 17.0 Å². The van der Waals surface area contributed by atoms with Gasteiger partial charge in [-0.05, 0) is 79.1 Å². The molecule has 0 spiro atoms. The first-order valence-corrected chi connectivity index (χ1v) is 10.5. The van der Waals surface area contributed by atoms with Gasteiger partial charge in [-0.1, -0.05) is 19.1 Å². The standard InChI is InChI=1S/C21H24N2O3S/c1-4-16-5-7-19(8-6-16)27(25,26)22-10-9-17-13-18-11-14(2)15(3)12-20(18)23-21(17)24/h5-8,11-13,22H,4,9-10H2,1-3H3,(H,23,24). The van der Waals surface area contributed by atoms with Gasteiger partial charge in [-0.15, -0.1) is 0 Å². The van der Waals surface area contributed by atoms with Gasteiger partial charge in [0.15, 0.2) is 0 Å². The fourth-order valence-electron chi connectivity index (χ4n) is 3.02. The first-order chi connectivity index (χ1) is 12.8. The largest absolute Gasteiger partial charge is 0.322 e. The number of nitrogens with one attached hydrogen (secondary N) is 2. The molecule has 1 heterocycles. The normalized spacial score (nSPS) is 11.8. The van der Waals surface area contributed by atoms with E-state index in [1.54, 1.807) is 12.1 Å². The quantitative estimate of drug-likeness (QED) is 0.685. The number of aromatic amines is 1. The zero-order valence-corrected chi connectivity index (χ0v) is 16.6. The van der Waals surface area contributed by atoms with Crippen LogP contribution in [0.25, 0.3) is 10.9 Å². The summed E-state index contributed by atoms with van der Waals surface area (Å²) in [6, 6.07) is 12.7. The molecular formula is C21H24N2O3S. The molecule has 3 rings (SSSR count). The summed E-state index contributed by atoms with van der Waals surface area (Å²) in [4.78, 5) is 15.4. The summed E-state index contributed by atoms with van der Waals surface area (Å²) in [5.41, 5.74) is 4.53. The van der Waals surface area contributed by atoms with Gasteiger partial charge in [-0.2, -0.15) is 0 Å².